The monoisotopic (exact) mass is 550 g/mol. The van der Waals surface area contributed by atoms with Gasteiger partial charge in [-0.25, -0.2) is 0 Å². The highest BCUT2D eigenvalue weighted by molar-refractivity contribution is 5.82. The smallest absolute Gasteiger partial charge is 0.328 e. The van der Waals surface area contributed by atoms with Crippen LogP contribution < -0.4 is 19.3 Å². The van der Waals surface area contributed by atoms with E-state index in [1.807, 2.05) is 0 Å². The number of hydrogen-bond donors (Lipinski definition) is 3. The summed E-state index contributed by atoms with van der Waals surface area (Å²) in [6.45, 7) is -3.66. The molecule has 2 rings (SSSR count). The molecule has 0 aliphatic heterocycles. The molecule has 0 saturated carbocycles. The van der Waals surface area contributed by atoms with Crippen LogP contribution in [0.4, 0.5) is 11.4 Å². The molecule has 14 heteroatoms. The third-order valence-corrected chi connectivity index (χ3v) is 4.71. The van der Waals surface area contributed by atoms with Crippen molar-refractivity contribution in [3.8, 4) is 11.5 Å². The van der Waals surface area contributed by atoms with E-state index < -0.39 is 69.4 Å². The zero-order chi connectivity index (χ0) is 29.7. The van der Waals surface area contributed by atoms with Crippen molar-refractivity contribution >= 4 is 41.2 Å². The maximum atomic E-state index is 12.2. The van der Waals surface area contributed by atoms with Gasteiger partial charge in [-0.15, -0.1) is 0 Å². The highest BCUT2D eigenvalue weighted by Gasteiger charge is 2.20. The SMILES string of the molecule is [3H]C(COc1ccccc1N(CC(=O)O)CC(=O)OCOC(C)=O)Oc1ccccc1N(CC(=O)O)CC(=O)O. The van der Waals surface area contributed by atoms with E-state index >= 15 is 0 Å². The second-order valence-corrected chi connectivity index (χ2v) is 7.69. The first-order chi connectivity index (χ1) is 19.0. The quantitative estimate of drug-likeness (QED) is 0.187. The summed E-state index contributed by atoms with van der Waals surface area (Å²) >= 11 is 0. The molecular weight excluding hydrogens is 520 g/mol. The minimum atomic E-state index is -1.38. The van der Waals surface area contributed by atoms with Crippen molar-refractivity contribution in [1.82, 2.24) is 0 Å². The second kappa shape index (κ2) is 15.3. The van der Waals surface area contributed by atoms with Gasteiger partial charge in [0.15, 0.2) is 0 Å². The van der Waals surface area contributed by atoms with E-state index in [9.17, 15) is 29.1 Å². The Morgan fingerprint density at radius 3 is 1.67 bits per heavy atom. The molecule has 3 N–H and O–H groups in total. The van der Waals surface area contributed by atoms with Crippen LogP contribution in [0.15, 0.2) is 48.5 Å². The number of carbonyl (C=O) groups excluding carboxylic acids is 2. The standard InChI is InChI=1S/C25H28N2O12/c1-17(28)38-16-39-25(35)15-27(14-24(33)34)19-7-3-5-9-21(19)37-11-10-36-20-8-4-2-6-18(20)26(12-22(29)30)13-23(31)32/h2-9H,10-16H2,1H3,(H,29,30)(H,31,32)(H,33,34)/i10T. The summed E-state index contributed by atoms with van der Waals surface area (Å²) in [5.74, 6) is -5.16. The number of anilines is 2. The molecule has 39 heavy (non-hydrogen) atoms. The van der Waals surface area contributed by atoms with Crippen LogP contribution in [0.1, 0.15) is 8.29 Å². The predicted octanol–water partition coefficient (Wildman–Crippen LogP) is 1.07. The Labute approximate surface area is 224 Å². The molecule has 0 amide bonds. The number of rotatable bonds is 17. The third kappa shape index (κ3) is 10.9. The average Bonchev–Trinajstić information content (AvgIpc) is 2.86. The Kier molecular flexibility index (Phi) is 11.2. The van der Waals surface area contributed by atoms with Crippen LogP contribution in [0.3, 0.4) is 0 Å². The van der Waals surface area contributed by atoms with Gasteiger partial charge >= 0.3 is 29.8 Å². The lowest BCUT2D eigenvalue weighted by Crippen LogP contribution is -2.36. The number of carboxylic acid groups (broad SMARTS) is 3. The third-order valence-electron chi connectivity index (χ3n) is 4.71. The summed E-state index contributed by atoms with van der Waals surface area (Å²) < 4.78 is 28.9. The van der Waals surface area contributed by atoms with Gasteiger partial charge in [0.05, 0.1) is 12.7 Å². The number of nitrogens with zero attached hydrogens (tertiary/aromatic N) is 2. The van der Waals surface area contributed by atoms with Gasteiger partial charge in [-0.05, 0) is 24.3 Å². The maximum absolute atomic E-state index is 12.2. The number of benzene rings is 2. The van der Waals surface area contributed by atoms with Crippen molar-refractivity contribution in [3.63, 3.8) is 0 Å². The molecule has 210 valence electrons. The Bertz CT molecular complexity index is 1190. The van der Waals surface area contributed by atoms with Crippen LogP contribution in [-0.2, 0) is 33.4 Å². The van der Waals surface area contributed by atoms with Crippen LogP contribution in [-0.4, -0.2) is 91.3 Å². The molecule has 0 fully saturated rings. The minimum Gasteiger partial charge on any atom is -0.488 e. The van der Waals surface area contributed by atoms with Crippen molar-refractivity contribution < 1.29 is 59.6 Å². The largest absolute Gasteiger partial charge is 0.488 e. The number of ether oxygens (including phenoxy) is 4. The Morgan fingerprint density at radius 2 is 1.18 bits per heavy atom. The number of para-hydroxylation sites is 4. The van der Waals surface area contributed by atoms with Crippen LogP contribution in [0.5, 0.6) is 11.5 Å². The van der Waals surface area contributed by atoms with Gasteiger partial charge in [-0.1, -0.05) is 24.3 Å². The predicted molar refractivity (Wildman–Crippen MR) is 134 cm³/mol. The maximum Gasteiger partial charge on any atom is 0.328 e. The fourth-order valence-electron chi connectivity index (χ4n) is 3.23. The van der Waals surface area contributed by atoms with Gasteiger partial charge in [-0.2, -0.15) is 0 Å². The number of hydrogen-bond acceptors (Lipinski definition) is 11. The molecule has 2 aromatic carbocycles. The van der Waals surface area contributed by atoms with Crippen LogP contribution in [0.2, 0.25) is 0 Å². The number of aliphatic carboxylic acids is 3. The lowest BCUT2D eigenvalue weighted by molar-refractivity contribution is -0.164. The van der Waals surface area contributed by atoms with E-state index in [0.717, 1.165) is 16.7 Å². The van der Waals surface area contributed by atoms with E-state index in [0.29, 0.717) is 0 Å². The lowest BCUT2D eigenvalue weighted by atomic mass is 10.2. The Balaban J connectivity index is 2.15. The van der Waals surface area contributed by atoms with Crippen LogP contribution in [0.25, 0.3) is 0 Å². The minimum absolute atomic E-state index is 0.0462. The molecule has 1 atom stereocenters. The van der Waals surface area contributed by atoms with Gasteiger partial charge in [0, 0.05) is 6.92 Å². The molecule has 14 nitrogen and oxygen atoms in total. The van der Waals surface area contributed by atoms with Crippen molar-refractivity contribution in [1.29, 1.82) is 0 Å². The lowest BCUT2D eigenvalue weighted by Gasteiger charge is -2.25. The Morgan fingerprint density at radius 1 is 0.718 bits per heavy atom. The van der Waals surface area contributed by atoms with Gasteiger partial charge in [-0.3, -0.25) is 24.0 Å². The summed E-state index contributed by atoms with van der Waals surface area (Å²) in [6.07, 6.45) is 0. The molecule has 0 aromatic heterocycles. The highest BCUT2D eigenvalue weighted by Crippen LogP contribution is 2.29. The summed E-state index contributed by atoms with van der Waals surface area (Å²) in [6, 6.07) is 12.1. The van der Waals surface area contributed by atoms with Crippen LogP contribution >= 0.6 is 0 Å². The molecule has 1 unspecified atom stereocenters. The molecule has 0 aliphatic carbocycles. The number of carbonyl (C=O) groups is 5. The molecule has 0 heterocycles. The first-order valence-corrected chi connectivity index (χ1v) is 11.3. The second-order valence-electron chi connectivity index (χ2n) is 7.69. The molecule has 0 aliphatic rings. The summed E-state index contributed by atoms with van der Waals surface area (Å²) in [5.41, 5.74) is 0.334. The fraction of sp³-hybridized carbons (Fsp3) is 0.320. The van der Waals surface area contributed by atoms with Crippen molar-refractivity contribution in [2.24, 2.45) is 0 Å². The molecule has 0 spiro atoms. The van der Waals surface area contributed by atoms with E-state index in [4.69, 9.17) is 25.8 Å². The van der Waals surface area contributed by atoms with Crippen molar-refractivity contribution in [2.75, 3.05) is 56.0 Å². The summed E-state index contributed by atoms with van der Waals surface area (Å²) in [5, 5.41) is 27.7. The van der Waals surface area contributed by atoms with E-state index in [1.54, 1.807) is 24.3 Å². The van der Waals surface area contributed by atoms with Gasteiger partial charge < -0.3 is 44.1 Å². The molecule has 0 bridgehead atoms. The van der Waals surface area contributed by atoms with Gasteiger partial charge in [0.25, 0.3) is 0 Å². The normalized spacial score (nSPS) is 11.4. The first kappa shape index (κ1) is 28.6. The first-order valence-electron chi connectivity index (χ1n) is 11.9. The highest BCUT2D eigenvalue weighted by atomic mass is 16.7. The van der Waals surface area contributed by atoms with E-state index in [-0.39, 0.29) is 29.5 Å². The summed E-state index contributed by atoms with van der Waals surface area (Å²) in [7, 11) is 0. The Hall–Kier alpha value is -5.01. The average molecular weight is 551 g/mol. The fourth-order valence-corrected chi connectivity index (χ4v) is 3.23. The molecule has 0 saturated heterocycles. The van der Waals surface area contributed by atoms with E-state index in [2.05, 4.69) is 4.74 Å². The van der Waals surface area contributed by atoms with Crippen molar-refractivity contribution in [2.45, 2.75) is 6.92 Å². The zero-order valence-electron chi connectivity index (χ0n) is 21.8. The zero-order valence-corrected chi connectivity index (χ0v) is 20.8. The molecule has 0 radical (unpaired) electrons. The summed E-state index contributed by atoms with van der Waals surface area (Å²) in [4.78, 5) is 59.1. The van der Waals surface area contributed by atoms with Crippen molar-refractivity contribution in [3.05, 3.63) is 48.5 Å². The molecular formula is C25H28N2O12. The van der Waals surface area contributed by atoms with Gasteiger partial charge in [0.1, 0.15) is 50.9 Å². The molecule has 2 aromatic rings. The van der Waals surface area contributed by atoms with Crippen LogP contribution in [0, 0.1) is 0 Å². The van der Waals surface area contributed by atoms with Gasteiger partial charge in [0.2, 0.25) is 6.79 Å². The topological polar surface area (TPSA) is 189 Å². The number of esters is 2. The number of carboxylic acids is 3. The van der Waals surface area contributed by atoms with E-state index in [1.165, 1.54) is 24.3 Å².